The van der Waals surface area contributed by atoms with Gasteiger partial charge in [0.25, 0.3) is 0 Å². The van der Waals surface area contributed by atoms with Crippen LogP contribution in [0.2, 0.25) is 0 Å². The highest BCUT2D eigenvalue weighted by molar-refractivity contribution is 5.98. The van der Waals surface area contributed by atoms with Crippen LogP contribution in [0.1, 0.15) is 35.6 Å². The minimum absolute atomic E-state index is 0.104. The van der Waals surface area contributed by atoms with E-state index in [1.165, 1.54) is 26.3 Å². The van der Waals surface area contributed by atoms with Crippen LogP contribution in [0.15, 0.2) is 53.5 Å². The van der Waals surface area contributed by atoms with Gasteiger partial charge in [0.15, 0.2) is 11.6 Å². The van der Waals surface area contributed by atoms with E-state index in [1.807, 2.05) is 6.07 Å². The van der Waals surface area contributed by atoms with Crippen LogP contribution in [0, 0.1) is 12.3 Å². The molecule has 0 radical (unpaired) electrons. The molecule has 4 rings (SSSR count). The number of aryl methyl sites for hydroxylation is 1. The Labute approximate surface area is 211 Å². The third-order valence-electron chi connectivity index (χ3n) is 5.26. The molecule has 0 amide bonds. The predicted molar refractivity (Wildman–Crippen MR) is 136 cm³/mol. The van der Waals surface area contributed by atoms with Gasteiger partial charge < -0.3 is 26.3 Å². The normalized spacial score (nSPS) is 11.5. The zero-order valence-corrected chi connectivity index (χ0v) is 20.3. The number of ether oxygens (including phenoxy) is 2. The smallest absolute Gasteiger partial charge is 0.349 e. The van der Waals surface area contributed by atoms with Gasteiger partial charge in [0.2, 0.25) is 5.88 Å². The van der Waals surface area contributed by atoms with Crippen LogP contribution in [0.5, 0.6) is 11.6 Å². The van der Waals surface area contributed by atoms with E-state index in [4.69, 9.17) is 26.4 Å². The molecule has 0 spiro atoms. The molecule has 3 aromatic heterocycles. The number of aromatic amines is 1. The molecule has 0 fully saturated rings. The summed E-state index contributed by atoms with van der Waals surface area (Å²) in [7, 11) is 1.50. The van der Waals surface area contributed by atoms with Crippen molar-refractivity contribution in [2.75, 3.05) is 18.2 Å². The number of nitrogens with two attached hydrogens (primary N) is 2. The molecular weight excluding hydrogens is 478 g/mol. The number of nitrogens with zero attached hydrogens (tertiary/aromatic N) is 4. The SMILES string of the molecule is COc1cc([C@H](Nc2ccc(C(=N)N)c(OC(C)=O)c2)c2nn(-c3ncccc3N)c(=O)[nH]2)cc(C)n1. The van der Waals surface area contributed by atoms with Crippen molar-refractivity contribution in [1.29, 1.82) is 5.41 Å². The summed E-state index contributed by atoms with van der Waals surface area (Å²) >= 11 is 0. The van der Waals surface area contributed by atoms with Crippen molar-refractivity contribution in [3.8, 4) is 17.4 Å². The van der Waals surface area contributed by atoms with Gasteiger partial charge in [-0.15, -0.1) is 5.10 Å². The fourth-order valence-corrected chi connectivity index (χ4v) is 3.69. The maximum absolute atomic E-state index is 12.9. The van der Waals surface area contributed by atoms with Crippen LogP contribution in [-0.2, 0) is 4.79 Å². The average molecular weight is 504 g/mol. The summed E-state index contributed by atoms with van der Waals surface area (Å²) in [5.74, 6) is 0.0665. The van der Waals surface area contributed by atoms with Gasteiger partial charge in [-0.2, -0.15) is 4.68 Å². The number of carbonyl (C=O) groups excluding carboxylic acids is 1. The van der Waals surface area contributed by atoms with Gasteiger partial charge in [0, 0.05) is 36.6 Å². The average Bonchev–Trinajstić information content (AvgIpc) is 3.22. The lowest BCUT2D eigenvalue weighted by Crippen LogP contribution is -2.18. The number of pyridine rings is 2. The first kappa shape index (κ1) is 24.9. The summed E-state index contributed by atoms with van der Waals surface area (Å²) in [6.45, 7) is 3.05. The van der Waals surface area contributed by atoms with Crippen LogP contribution < -0.4 is 31.9 Å². The Morgan fingerprint density at radius 3 is 2.70 bits per heavy atom. The summed E-state index contributed by atoms with van der Waals surface area (Å²) in [6.07, 6.45) is 1.51. The van der Waals surface area contributed by atoms with Crippen LogP contribution >= 0.6 is 0 Å². The van der Waals surface area contributed by atoms with Crippen molar-refractivity contribution in [2.24, 2.45) is 5.73 Å². The molecule has 0 saturated carbocycles. The van der Waals surface area contributed by atoms with Crippen LogP contribution in [0.4, 0.5) is 11.4 Å². The summed E-state index contributed by atoms with van der Waals surface area (Å²) in [5.41, 5.74) is 13.5. The fraction of sp³-hybridized carbons (Fsp3) is 0.167. The van der Waals surface area contributed by atoms with Crippen molar-refractivity contribution in [2.45, 2.75) is 19.9 Å². The van der Waals surface area contributed by atoms with E-state index in [-0.39, 0.29) is 34.5 Å². The number of H-pyrrole nitrogens is 1. The number of anilines is 2. The van der Waals surface area contributed by atoms with E-state index in [2.05, 4.69) is 25.4 Å². The van der Waals surface area contributed by atoms with Gasteiger partial charge in [-0.25, -0.2) is 14.8 Å². The van der Waals surface area contributed by atoms with Gasteiger partial charge in [0.1, 0.15) is 17.6 Å². The summed E-state index contributed by atoms with van der Waals surface area (Å²) in [5, 5.41) is 15.5. The van der Waals surface area contributed by atoms with Gasteiger partial charge in [-0.05, 0) is 42.8 Å². The first-order chi connectivity index (χ1) is 17.7. The third kappa shape index (κ3) is 5.40. The number of methoxy groups -OCH3 is 1. The molecule has 1 aromatic carbocycles. The molecule has 0 bridgehead atoms. The number of amidine groups is 1. The third-order valence-corrected chi connectivity index (χ3v) is 5.26. The van der Waals surface area contributed by atoms with Crippen molar-refractivity contribution < 1.29 is 14.3 Å². The first-order valence-corrected chi connectivity index (χ1v) is 11.0. The maximum atomic E-state index is 12.9. The molecule has 3 heterocycles. The predicted octanol–water partition coefficient (Wildman–Crippen LogP) is 1.66. The Morgan fingerprint density at radius 2 is 2.03 bits per heavy atom. The van der Waals surface area contributed by atoms with E-state index in [9.17, 15) is 9.59 Å². The van der Waals surface area contributed by atoms with Crippen molar-refractivity contribution in [3.05, 3.63) is 81.8 Å². The zero-order chi connectivity index (χ0) is 26.7. The monoisotopic (exact) mass is 503 g/mol. The standard InChI is InChI=1S/C24H25N9O4/c1-12-9-14(10-19(29-12)36-3)20(22-31-24(35)33(32-22)23-17(25)5-4-8-28-23)30-15-6-7-16(21(26)27)18(11-15)37-13(2)34/h4-11,20,30H,25H2,1-3H3,(H3,26,27)(H,31,32,35)/t20-/m0/s1. The van der Waals surface area contributed by atoms with E-state index in [0.717, 1.165) is 4.68 Å². The number of carbonyl (C=O) groups is 1. The molecule has 0 saturated heterocycles. The lowest BCUT2D eigenvalue weighted by molar-refractivity contribution is -0.131. The Balaban J connectivity index is 1.84. The number of benzene rings is 1. The topological polar surface area (TPSA) is 200 Å². The second-order valence-electron chi connectivity index (χ2n) is 8.02. The number of aromatic nitrogens is 5. The molecule has 0 unspecified atom stereocenters. The lowest BCUT2D eigenvalue weighted by Gasteiger charge is -2.20. The number of rotatable bonds is 8. The number of nitrogen functional groups attached to an aromatic ring is 2. The molecule has 0 aliphatic rings. The van der Waals surface area contributed by atoms with Gasteiger partial charge in [-0.3, -0.25) is 15.2 Å². The van der Waals surface area contributed by atoms with Crippen molar-refractivity contribution in [1.82, 2.24) is 24.7 Å². The quantitative estimate of drug-likeness (QED) is 0.102. The number of hydrogen-bond donors (Lipinski definition) is 5. The fourth-order valence-electron chi connectivity index (χ4n) is 3.69. The molecule has 37 heavy (non-hydrogen) atoms. The Morgan fingerprint density at radius 1 is 1.24 bits per heavy atom. The number of nitrogens with one attached hydrogen (secondary N) is 3. The number of hydrogen-bond acceptors (Lipinski definition) is 10. The molecule has 13 nitrogen and oxygen atoms in total. The minimum atomic E-state index is -0.720. The molecular formula is C24H25N9O4. The maximum Gasteiger partial charge on any atom is 0.349 e. The van der Waals surface area contributed by atoms with Crippen molar-refractivity contribution in [3.63, 3.8) is 0 Å². The summed E-state index contributed by atoms with van der Waals surface area (Å²) < 4.78 is 11.7. The molecule has 4 aromatic rings. The zero-order valence-electron chi connectivity index (χ0n) is 20.3. The Kier molecular flexibility index (Phi) is 6.86. The summed E-state index contributed by atoms with van der Waals surface area (Å²) in [6, 6.07) is 10.8. The second kappa shape index (κ2) is 10.2. The molecule has 0 aliphatic heterocycles. The van der Waals surface area contributed by atoms with Gasteiger partial charge in [-0.1, -0.05) is 0 Å². The largest absolute Gasteiger partial charge is 0.481 e. The molecule has 13 heteroatoms. The second-order valence-corrected chi connectivity index (χ2v) is 8.02. The summed E-state index contributed by atoms with van der Waals surface area (Å²) in [4.78, 5) is 35.7. The van der Waals surface area contributed by atoms with Gasteiger partial charge >= 0.3 is 11.7 Å². The molecule has 7 N–H and O–H groups in total. The highest BCUT2D eigenvalue weighted by atomic mass is 16.5. The Bertz CT molecular complexity index is 1540. The van der Waals surface area contributed by atoms with Crippen molar-refractivity contribution >= 4 is 23.2 Å². The Hall–Kier alpha value is -5.20. The lowest BCUT2D eigenvalue weighted by atomic mass is 10.1. The van der Waals surface area contributed by atoms with Crippen LogP contribution in [-0.4, -0.2) is 43.6 Å². The molecule has 1 atom stereocenters. The van der Waals surface area contributed by atoms with Crippen LogP contribution in [0.25, 0.3) is 5.82 Å². The molecule has 190 valence electrons. The van der Waals surface area contributed by atoms with E-state index in [0.29, 0.717) is 22.8 Å². The highest BCUT2D eigenvalue weighted by Crippen LogP contribution is 2.30. The van der Waals surface area contributed by atoms with E-state index < -0.39 is 17.7 Å². The van der Waals surface area contributed by atoms with E-state index >= 15 is 0 Å². The van der Waals surface area contributed by atoms with Gasteiger partial charge in [0.05, 0.1) is 18.4 Å². The number of esters is 1. The van der Waals surface area contributed by atoms with E-state index in [1.54, 1.807) is 37.3 Å². The highest BCUT2D eigenvalue weighted by Gasteiger charge is 2.23. The molecule has 0 aliphatic carbocycles. The van der Waals surface area contributed by atoms with Crippen LogP contribution in [0.3, 0.4) is 0 Å². The first-order valence-electron chi connectivity index (χ1n) is 11.0. The minimum Gasteiger partial charge on any atom is -0.481 e.